The Morgan fingerprint density at radius 2 is 2.14 bits per heavy atom. The van der Waals surface area contributed by atoms with Crippen LogP contribution in [0.25, 0.3) is 0 Å². The maximum absolute atomic E-state index is 12.3. The Morgan fingerprint density at radius 1 is 1.45 bits per heavy atom. The Balaban J connectivity index is 2.30. The fraction of sp³-hybridized carbons (Fsp3) is 0.167. The Bertz CT molecular complexity index is 717. The quantitative estimate of drug-likeness (QED) is 0.674. The van der Waals surface area contributed by atoms with Gasteiger partial charge in [-0.3, -0.25) is 19.6 Å². The first-order valence-electron chi connectivity index (χ1n) is 5.91. The zero-order valence-electron chi connectivity index (χ0n) is 11.2. The average molecular weight is 312 g/mol. The lowest BCUT2D eigenvalue weighted by atomic mass is 10.2. The number of ether oxygens (including phenoxy) is 1. The Hall–Kier alpha value is -3.04. The molecule has 0 unspecified atom stereocenters. The molecule has 0 fully saturated rings. The van der Waals surface area contributed by atoms with Crippen LogP contribution < -0.4 is 10.1 Å². The molecule has 1 N–H and O–H groups in total. The first kappa shape index (κ1) is 15.4. The van der Waals surface area contributed by atoms with Crippen LogP contribution in [0.15, 0.2) is 30.5 Å². The second-order valence-corrected chi connectivity index (χ2v) is 4.09. The summed E-state index contributed by atoms with van der Waals surface area (Å²) in [5.74, 6) is -1.12. The molecule has 1 amide bonds. The molecule has 0 spiro atoms. The van der Waals surface area contributed by atoms with Crippen LogP contribution in [-0.4, -0.2) is 27.2 Å². The molecule has 1 aromatic heterocycles. The van der Waals surface area contributed by atoms with E-state index in [9.17, 15) is 23.7 Å². The number of benzene rings is 1. The van der Waals surface area contributed by atoms with Gasteiger partial charge in [0.15, 0.2) is 0 Å². The van der Waals surface area contributed by atoms with Crippen LogP contribution in [0, 0.1) is 10.1 Å². The highest BCUT2D eigenvalue weighted by atomic mass is 19.3. The summed E-state index contributed by atoms with van der Waals surface area (Å²) >= 11 is 0. The molecule has 22 heavy (non-hydrogen) atoms. The van der Waals surface area contributed by atoms with Crippen LogP contribution in [-0.2, 0) is 7.05 Å². The molecule has 1 aromatic carbocycles. The molecule has 116 valence electrons. The van der Waals surface area contributed by atoms with Gasteiger partial charge in [0, 0.05) is 7.05 Å². The minimum Gasteiger partial charge on any atom is -0.433 e. The molecule has 0 radical (unpaired) electrons. The van der Waals surface area contributed by atoms with Gasteiger partial charge in [-0.1, -0.05) is 12.1 Å². The third-order valence-electron chi connectivity index (χ3n) is 2.68. The van der Waals surface area contributed by atoms with E-state index in [0.29, 0.717) is 0 Å². The van der Waals surface area contributed by atoms with E-state index in [-0.39, 0.29) is 17.1 Å². The minimum absolute atomic E-state index is 0.0386. The van der Waals surface area contributed by atoms with Crippen molar-refractivity contribution >= 4 is 17.3 Å². The highest BCUT2D eigenvalue weighted by Crippen LogP contribution is 2.27. The predicted molar refractivity (Wildman–Crippen MR) is 70.9 cm³/mol. The number of rotatable bonds is 5. The number of anilines is 1. The van der Waals surface area contributed by atoms with Crippen molar-refractivity contribution in [3.8, 4) is 5.75 Å². The van der Waals surface area contributed by atoms with Crippen molar-refractivity contribution in [2.45, 2.75) is 6.61 Å². The summed E-state index contributed by atoms with van der Waals surface area (Å²) in [4.78, 5) is 22.2. The third-order valence-corrected chi connectivity index (χ3v) is 2.68. The molecule has 8 nitrogen and oxygen atoms in total. The largest absolute Gasteiger partial charge is 0.433 e. The lowest BCUT2D eigenvalue weighted by Gasteiger charge is -2.11. The van der Waals surface area contributed by atoms with E-state index < -0.39 is 23.1 Å². The monoisotopic (exact) mass is 312 g/mol. The third kappa shape index (κ3) is 3.16. The standard InChI is InChI=1S/C12H10F2N4O4/c1-17-10(8(6-15-17)18(20)21)11(19)16-7-4-2-3-5-9(7)22-12(13)14/h2-6,12H,1H3,(H,16,19). The van der Waals surface area contributed by atoms with Gasteiger partial charge in [0.25, 0.3) is 5.91 Å². The van der Waals surface area contributed by atoms with Crippen molar-refractivity contribution in [1.82, 2.24) is 9.78 Å². The summed E-state index contributed by atoms with van der Waals surface area (Å²) in [7, 11) is 1.35. The van der Waals surface area contributed by atoms with E-state index in [2.05, 4.69) is 15.2 Å². The fourth-order valence-electron chi connectivity index (χ4n) is 1.77. The van der Waals surface area contributed by atoms with E-state index in [4.69, 9.17) is 0 Å². The number of amides is 1. The zero-order valence-corrected chi connectivity index (χ0v) is 11.2. The molecule has 0 aliphatic rings. The summed E-state index contributed by atoms with van der Waals surface area (Å²) in [6, 6.07) is 5.50. The second kappa shape index (κ2) is 6.16. The van der Waals surface area contributed by atoms with Crippen molar-refractivity contribution in [3.05, 3.63) is 46.3 Å². The number of nitro groups is 1. The first-order chi connectivity index (χ1) is 10.4. The van der Waals surface area contributed by atoms with Crippen molar-refractivity contribution < 1.29 is 23.2 Å². The number of nitrogens with zero attached hydrogens (tertiary/aromatic N) is 3. The molecule has 0 atom stereocenters. The Morgan fingerprint density at radius 3 is 2.77 bits per heavy atom. The van der Waals surface area contributed by atoms with Crippen molar-refractivity contribution in [2.75, 3.05) is 5.32 Å². The van der Waals surface area contributed by atoms with E-state index in [1.165, 1.54) is 31.3 Å². The number of aromatic nitrogens is 2. The maximum Gasteiger partial charge on any atom is 0.387 e. The van der Waals surface area contributed by atoms with Crippen LogP contribution in [0.2, 0.25) is 0 Å². The van der Waals surface area contributed by atoms with Gasteiger partial charge in [-0.25, -0.2) is 0 Å². The van der Waals surface area contributed by atoms with Gasteiger partial charge in [0.2, 0.25) is 5.69 Å². The molecule has 0 saturated heterocycles. The number of para-hydroxylation sites is 2. The summed E-state index contributed by atoms with van der Waals surface area (Å²) in [5.41, 5.74) is -0.840. The lowest BCUT2D eigenvalue weighted by molar-refractivity contribution is -0.385. The number of hydrogen-bond acceptors (Lipinski definition) is 5. The lowest BCUT2D eigenvalue weighted by Crippen LogP contribution is -2.18. The number of halogens is 2. The molecule has 2 aromatic rings. The summed E-state index contributed by atoms with van der Waals surface area (Å²) in [6.07, 6.45) is 0.927. The molecule has 2 rings (SSSR count). The highest BCUT2D eigenvalue weighted by molar-refractivity contribution is 6.06. The fourth-order valence-corrected chi connectivity index (χ4v) is 1.77. The molecule has 10 heteroatoms. The van der Waals surface area contributed by atoms with Crippen molar-refractivity contribution in [3.63, 3.8) is 0 Å². The zero-order chi connectivity index (χ0) is 16.3. The van der Waals surface area contributed by atoms with Gasteiger partial charge in [-0.15, -0.1) is 0 Å². The van der Waals surface area contributed by atoms with Gasteiger partial charge < -0.3 is 10.1 Å². The summed E-state index contributed by atoms with van der Waals surface area (Å²) < 4.78 is 29.9. The Labute approximate surface area is 122 Å². The topological polar surface area (TPSA) is 99.3 Å². The van der Waals surface area contributed by atoms with Gasteiger partial charge in [0.1, 0.15) is 11.9 Å². The number of carbonyl (C=O) groups excluding carboxylic acids is 1. The summed E-state index contributed by atoms with van der Waals surface area (Å²) in [6.45, 7) is -3.07. The van der Waals surface area contributed by atoms with E-state index >= 15 is 0 Å². The van der Waals surface area contributed by atoms with Gasteiger partial charge in [-0.2, -0.15) is 13.9 Å². The number of hydrogen-bond donors (Lipinski definition) is 1. The van der Waals surface area contributed by atoms with E-state index in [1.54, 1.807) is 0 Å². The van der Waals surface area contributed by atoms with Crippen molar-refractivity contribution in [2.24, 2.45) is 7.05 Å². The number of nitrogens with one attached hydrogen (secondary N) is 1. The van der Waals surface area contributed by atoms with Crippen LogP contribution in [0.1, 0.15) is 10.5 Å². The average Bonchev–Trinajstić information content (AvgIpc) is 2.82. The predicted octanol–water partition coefficient (Wildman–Crippen LogP) is 2.18. The number of carbonyl (C=O) groups is 1. The van der Waals surface area contributed by atoms with Gasteiger partial charge in [0.05, 0.1) is 10.6 Å². The van der Waals surface area contributed by atoms with Gasteiger partial charge in [-0.05, 0) is 12.1 Å². The van der Waals surface area contributed by atoms with Gasteiger partial charge >= 0.3 is 12.3 Å². The molecular weight excluding hydrogens is 302 g/mol. The van der Waals surface area contributed by atoms with Crippen LogP contribution in [0.5, 0.6) is 5.75 Å². The smallest absolute Gasteiger partial charge is 0.387 e. The molecule has 0 aliphatic heterocycles. The SMILES string of the molecule is Cn1ncc([N+](=O)[O-])c1C(=O)Nc1ccccc1OC(F)F. The maximum atomic E-state index is 12.3. The van der Waals surface area contributed by atoms with Crippen LogP contribution >= 0.6 is 0 Å². The minimum atomic E-state index is -3.07. The van der Waals surface area contributed by atoms with E-state index in [1.807, 2.05) is 0 Å². The Kier molecular flexibility index (Phi) is 4.30. The second-order valence-electron chi connectivity index (χ2n) is 4.09. The molecular formula is C12H10F2N4O4. The van der Waals surface area contributed by atoms with Crippen LogP contribution in [0.4, 0.5) is 20.2 Å². The van der Waals surface area contributed by atoms with Crippen LogP contribution in [0.3, 0.4) is 0 Å². The normalized spacial score (nSPS) is 10.5. The highest BCUT2D eigenvalue weighted by Gasteiger charge is 2.26. The van der Waals surface area contributed by atoms with E-state index in [0.717, 1.165) is 10.9 Å². The molecule has 0 bridgehead atoms. The van der Waals surface area contributed by atoms with Crippen molar-refractivity contribution in [1.29, 1.82) is 0 Å². The molecule has 0 saturated carbocycles. The number of alkyl halides is 2. The number of aryl methyl sites for hydroxylation is 1. The molecule has 0 aliphatic carbocycles. The molecule has 1 heterocycles. The summed E-state index contributed by atoms with van der Waals surface area (Å²) in [5, 5.41) is 16.8. The first-order valence-corrected chi connectivity index (χ1v) is 5.91.